The van der Waals surface area contributed by atoms with Gasteiger partial charge in [-0.15, -0.1) is 0 Å². The molecule has 3 heterocycles. The molecule has 1 amide bonds. The summed E-state index contributed by atoms with van der Waals surface area (Å²) in [6, 6.07) is 6.43. The maximum atomic E-state index is 12.9. The zero-order chi connectivity index (χ0) is 19.7. The number of fused-ring (bicyclic) bond motifs is 1. The first-order valence-electron chi connectivity index (χ1n) is 9.60. The van der Waals surface area contributed by atoms with Crippen molar-refractivity contribution in [3.8, 4) is 0 Å². The lowest BCUT2D eigenvalue weighted by molar-refractivity contribution is -0.123. The van der Waals surface area contributed by atoms with E-state index in [0.717, 1.165) is 47.5 Å². The molecule has 0 saturated carbocycles. The van der Waals surface area contributed by atoms with Gasteiger partial charge in [-0.05, 0) is 36.0 Å². The van der Waals surface area contributed by atoms with Gasteiger partial charge in [0.15, 0.2) is 0 Å². The predicted molar refractivity (Wildman–Crippen MR) is 117 cm³/mol. The summed E-state index contributed by atoms with van der Waals surface area (Å²) in [5.74, 6) is 0.0990. The monoisotopic (exact) mass is 395 g/mol. The van der Waals surface area contributed by atoms with E-state index in [2.05, 4.69) is 34.6 Å². The number of carbonyl (C=O) groups is 1. The van der Waals surface area contributed by atoms with Gasteiger partial charge < -0.3 is 25.8 Å². The standard InChI is InChI=1S/C21H26N5OP/c1-14-12-25(8-7-24-14)17-4-6-21-26(13-17)20(27)10-19(28-21)15-3-5-18(23-2)16(9-15)11-22/h3-6,9-11,13-14,21-24,28H,7-8,12H2,1-2H3/t14-,21?/m0/s1. The molecule has 146 valence electrons. The zero-order valence-electron chi connectivity index (χ0n) is 16.2. The molecule has 1 saturated heterocycles. The largest absolute Gasteiger partial charge is 0.388 e. The molecular formula is C21H26N5OP. The fourth-order valence-electron chi connectivity index (χ4n) is 3.86. The second-order valence-electron chi connectivity index (χ2n) is 7.30. The number of allylic oxidation sites excluding steroid dienone is 1. The molecule has 1 aromatic carbocycles. The Bertz CT molecular complexity index is 891. The molecular weight excluding hydrogens is 369 g/mol. The topological polar surface area (TPSA) is 71.5 Å². The quantitative estimate of drug-likeness (QED) is 0.541. The summed E-state index contributed by atoms with van der Waals surface area (Å²) >= 11 is 0. The number of anilines is 1. The number of nitrogens with zero attached hydrogens (tertiary/aromatic N) is 2. The molecule has 3 aliphatic heterocycles. The summed E-state index contributed by atoms with van der Waals surface area (Å²) < 4.78 is 0. The number of hydrogen-bond donors (Lipinski definition) is 3. The van der Waals surface area contributed by atoms with Crippen LogP contribution >= 0.6 is 8.58 Å². The molecule has 28 heavy (non-hydrogen) atoms. The van der Waals surface area contributed by atoms with Crippen molar-refractivity contribution < 1.29 is 4.79 Å². The highest BCUT2D eigenvalue weighted by Crippen LogP contribution is 2.45. The number of amides is 1. The molecule has 0 aliphatic carbocycles. The van der Waals surface area contributed by atoms with Crippen LogP contribution < -0.4 is 10.6 Å². The van der Waals surface area contributed by atoms with Crippen molar-refractivity contribution in [1.29, 1.82) is 5.41 Å². The summed E-state index contributed by atoms with van der Waals surface area (Å²) in [5, 5.41) is 15.2. The normalized spacial score (nSPS) is 25.3. The first-order valence-corrected chi connectivity index (χ1v) is 10.7. The van der Waals surface area contributed by atoms with E-state index in [1.807, 2.05) is 36.3 Å². The third kappa shape index (κ3) is 3.62. The van der Waals surface area contributed by atoms with Gasteiger partial charge >= 0.3 is 0 Å². The Morgan fingerprint density at radius 3 is 3.00 bits per heavy atom. The smallest absolute Gasteiger partial charge is 0.252 e. The number of piperazine rings is 1. The van der Waals surface area contributed by atoms with Crippen LogP contribution in [0.5, 0.6) is 0 Å². The van der Waals surface area contributed by atoms with Gasteiger partial charge in [-0.25, -0.2) is 0 Å². The molecule has 2 unspecified atom stereocenters. The summed E-state index contributed by atoms with van der Waals surface area (Å²) in [7, 11) is 2.33. The van der Waals surface area contributed by atoms with Crippen LogP contribution in [-0.2, 0) is 4.79 Å². The minimum absolute atomic E-state index is 0.0258. The van der Waals surface area contributed by atoms with Gasteiger partial charge in [-0.2, -0.15) is 0 Å². The minimum atomic E-state index is 0.0258. The van der Waals surface area contributed by atoms with E-state index < -0.39 is 0 Å². The first kappa shape index (κ1) is 18.9. The summed E-state index contributed by atoms with van der Waals surface area (Å²) in [4.78, 5) is 17.1. The van der Waals surface area contributed by atoms with Gasteiger partial charge in [-0.3, -0.25) is 4.79 Å². The van der Waals surface area contributed by atoms with Crippen LogP contribution in [0.2, 0.25) is 0 Å². The number of rotatable bonds is 4. The fraction of sp³-hybridized carbons (Fsp3) is 0.333. The first-order chi connectivity index (χ1) is 13.6. The average molecular weight is 395 g/mol. The predicted octanol–water partition coefficient (Wildman–Crippen LogP) is 2.62. The highest BCUT2D eigenvalue weighted by Gasteiger charge is 2.30. The van der Waals surface area contributed by atoms with Crippen LogP contribution in [-0.4, -0.2) is 60.4 Å². The molecule has 1 fully saturated rings. The van der Waals surface area contributed by atoms with Crippen molar-refractivity contribution in [2.75, 3.05) is 32.0 Å². The molecule has 6 nitrogen and oxygen atoms in total. The van der Waals surface area contributed by atoms with Crippen molar-refractivity contribution in [3.63, 3.8) is 0 Å². The number of nitrogens with one attached hydrogen (secondary N) is 3. The minimum Gasteiger partial charge on any atom is -0.388 e. The second-order valence-corrected chi connectivity index (χ2v) is 8.72. The second kappa shape index (κ2) is 7.90. The van der Waals surface area contributed by atoms with Crippen molar-refractivity contribution in [3.05, 3.63) is 59.5 Å². The molecule has 3 atom stereocenters. The summed E-state index contributed by atoms with van der Waals surface area (Å²) in [6.07, 6.45) is 9.43. The molecule has 1 aromatic rings. The van der Waals surface area contributed by atoms with E-state index in [-0.39, 0.29) is 11.7 Å². The van der Waals surface area contributed by atoms with Crippen molar-refractivity contribution >= 4 is 31.7 Å². The lowest BCUT2D eigenvalue weighted by Gasteiger charge is -2.39. The third-order valence-corrected chi connectivity index (χ3v) is 6.88. The van der Waals surface area contributed by atoms with E-state index in [0.29, 0.717) is 14.6 Å². The Hall–Kier alpha value is -2.43. The molecule has 0 spiro atoms. The van der Waals surface area contributed by atoms with E-state index >= 15 is 0 Å². The van der Waals surface area contributed by atoms with E-state index in [1.165, 1.54) is 6.21 Å². The Balaban J connectivity index is 1.57. The van der Waals surface area contributed by atoms with Gasteiger partial charge in [0.25, 0.3) is 5.91 Å². The van der Waals surface area contributed by atoms with E-state index in [1.54, 1.807) is 6.08 Å². The molecule has 4 rings (SSSR count). The van der Waals surface area contributed by atoms with Crippen LogP contribution in [0.25, 0.3) is 5.31 Å². The Kier molecular flexibility index (Phi) is 5.33. The highest BCUT2D eigenvalue weighted by molar-refractivity contribution is 7.51. The maximum absolute atomic E-state index is 12.9. The number of benzene rings is 1. The average Bonchev–Trinajstić information content (AvgIpc) is 2.73. The third-order valence-electron chi connectivity index (χ3n) is 5.37. The van der Waals surface area contributed by atoms with Crippen molar-refractivity contribution in [1.82, 2.24) is 15.1 Å². The van der Waals surface area contributed by atoms with Crippen LogP contribution in [0.4, 0.5) is 5.69 Å². The SMILES string of the molecule is CNc1ccc(C2=CC(=O)N3C=C(N4CCN[C@@H](C)C4)C=CC3P2)cc1C=N. The summed E-state index contributed by atoms with van der Waals surface area (Å²) in [6.45, 7) is 5.07. The van der Waals surface area contributed by atoms with Crippen LogP contribution in [0.1, 0.15) is 18.1 Å². The fourth-order valence-corrected chi connectivity index (χ4v) is 5.24. The Morgan fingerprint density at radius 2 is 2.25 bits per heavy atom. The zero-order valence-corrected chi connectivity index (χ0v) is 17.2. The van der Waals surface area contributed by atoms with Crippen molar-refractivity contribution in [2.24, 2.45) is 0 Å². The number of carbonyl (C=O) groups excluding carboxylic acids is 1. The van der Waals surface area contributed by atoms with Gasteiger partial charge in [-0.1, -0.05) is 20.7 Å². The van der Waals surface area contributed by atoms with Crippen LogP contribution in [0, 0.1) is 5.41 Å². The van der Waals surface area contributed by atoms with Gasteiger partial charge in [0.1, 0.15) is 0 Å². The molecule has 0 bridgehead atoms. The van der Waals surface area contributed by atoms with Gasteiger partial charge in [0.05, 0.1) is 11.5 Å². The van der Waals surface area contributed by atoms with E-state index in [9.17, 15) is 4.79 Å². The molecule has 3 N–H and O–H groups in total. The van der Waals surface area contributed by atoms with Gasteiger partial charge in [0.2, 0.25) is 0 Å². The Morgan fingerprint density at radius 1 is 1.39 bits per heavy atom. The van der Waals surface area contributed by atoms with E-state index in [4.69, 9.17) is 5.41 Å². The molecule has 3 aliphatic rings. The molecule has 0 radical (unpaired) electrons. The van der Waals surface area contributed by atoms with Crippen LogP contribution in [0.3, 0.4) is 0 Å². The summed E-state index contributed by atoms with van der Waals surface area (Å²) in [5.41, 5.74) is 3.88. The van der Waals surface area contributed by atoms with Crippen molar-refractivity contribution in [2.45, 2.75) is 18.7 Å². The number of hydrogen-bond acceptors (Lipinski definition) is 5. The maximum Gasteiger partial charge on any atom is 0.252 e. The molecule has 0 aromatic heterocycles. The Labute approximate surface area is 167 Å². The lowest BCUT2D eigenvalue weighted by Crippen LogP contribution is -2.49. The molecule has 7 heteroatoms. The highest BCUT2D eigenvalue weighted by atomic mass is 31.1. The van der Waals surface area contributed by atoms with Gasteiger partial charge in [0, 0.05) is 62.5 Å². The van der Waals surface area contributed by atoms with Crippen LogP contribution in [0.15, 0.2) is 48.3 Å². The lowest BCUT2D eigenvalue weighted by atomic mass is 10.1.